The third-order valence-electron chi connectivity index (χ3n) is 5.46. The number of phenols is 1. The Labute approximate surface area is 189 Å². The van der Waals surface area contributed by atoms with Crippen LogP contribution in [0.5, 0.6) is 5.75 Å². The molecule has 0 radical (unpaired) electrons. The predicted octanol–water partition coefficient (Wildman–Crippen LogP) is 3.91. The van der Waals surface area contributed by atoms with E-state index >= 15 is 0 Å². The Bertz CT molecular complexity index is 881. The quantitative estimate of drug-likeness (QED) is 0.708. The number of piperazine rings is 1. The van der Waals surface area contributed by atoms with Gasteiger partial charge in [-0.05, 0) is 56.9 Å². The van der Waals surface area contributed by atoms with Gasteiger partial charge in [-0.3, -0.25) is 4.90 Å². The van der Waals surface area contributed by atoms with Crippen molar-refractivity contribution in [1.82, 2.24) is 9.80 Å². The third kappa shape index (κ3) is 7.21. The second-order valence-corrected chi connectivity index (χ2v) is 9.57. The molecule has 0 spiro atoms. The molecule has 0 aliphatic carbocycles. The van der Waals surface area contributed by atoms with Gasteiger partial charge >= 0.3 is 6.09 Å². The van der Waals surface area contributed by atoms with E-state index in [0.717, 1.165) is 19.2 Å². The van der Waals surface area contributed by atoms with E-state index in [4.69, 9.17) is 10.5 Å². The summed E-state index contributed by atoms with van der Waals surface area (Å²) in [6.07, 6.45) is 0.613. The van der Waals surface area contributed by atoms with Crippen molar-refractivity contribution in [2.45, 2.75) is 57.8 Å². The number of benzene rings is 2. The summed E-state index contributed by atoms with van der Waals surface area (Å²) in [7, 11) is 0. The summed E-state index contributed by atoms with van der Waals surface area (Å²) in [6, 6.07) is 13.8. The normalized spacial score (nSPS) is 18.4. The minimum absolute atomic E-state index is 0.116. The fourth-order valence-electron chi connectivity index (χ4n) is 4.15. The highest BCUT2D eigenvalue weighted by atomic mass is 19.1. The second-order valence-electron chi connectivity index (χ2n) is 9.57. The number of carbonyl (C=O) groups is 1. The molecule has 2 atom stereocenters. The third-order valence-corrected chi connectivity index (χ3v) is 5.46. The highest BCUT2D eigenvalue weighted by Crippen LogP contribution is 2.22. The van der Waals surface area contributed by atoms with Gasteiger partial charge in [0.25, 0.3) is 0 Å². The van der Waals surface area contributed by atoms with Crippen molar-refractivity contribution in [3.63, 3.8) is 0 Å². The summed E-state index contributed by atoms with van der Waals surface area (Å²) in [5, 5.41) is 9.67. The van der Waals surface area contributed by atoms with Crippen LogP contribution in [0.3, 0.4) is 0 Å². The number of ether oxygens (including phenoxy) is 1. The van der Waals surface area contributed by atoms with Crippen LogP contribution in [0.4, 0.5) is 9.18 Å². The van der Waals surface area contributed by atoms with Crippen molar-refractivity contribution < 1.29 is 19.0 Å². The van der Waals surface area contributed by atoms with Gasteiger partial charge in [0.15, 0.2) is 0 Å². The van der Waals surface area contributed by atoms with Gasteiger partial charge in [-0.2, -0.15) is 0 Å². The van der Waals surface area contributed by atoms with Crippen molar-refractivity contribution in [3.8, 4) is 5.75 Å². The molecule has 32 heavy (non-hydrogen) atoms. The zero-order valence-corrected chi connectivity index (χ0v) is 19.1. The van der Waals surface area contributed by atoms with Crippen molar-refractivity contribution in [1.29, 1.82) is 0 Å². The number of carbonyl (C=O) groups excluding carboxylic acids is 1. The molecule has 1 amide bonds. The minimum atomic E-state index is -0.579. The molecule has 0 unspecified atom stereocenters. The zero-order valence-electron chi connectivity index (χ0n) is 19.1. The fourth-order valence-corrected chi connectivity index (χ4v) is 4.15. The Morgan fingerprint density at radius 2 is 1.91 bits per heavy atom. The van der Waals surface area contributed by atoms with Crippen molar-refractivity contribution in [2.24, 2.45) is 5.73 Å². The highest BCUT2D eigenvalue weighted by Gasteiger charge is 2.34. The molecule has 2 aromatic carbocycles. The number of amides is 1. The molecule has 2 aromatic rings. The number of hydrogen-bond donors (Lipinski definition) is 2. The topological polar surface area (TPSA) is 79.0 Å². The van der Waals surface area contributed by atoms with Gasteiger partial charge in [0.05, 0.1) is 0 Å². The molecule has 1 fully saturated rings. The average molecular weight is 444 g/mol. The maximum atomic E-state index is 13.6. The van der Waals surface area contributed by atoms with E-state index in [-0.39, 0.29) is 23.9 Å². The molecule has 3 rings (SSSR count). The van der Waals surface area contributed by atoms with E-state index in [2.05, 4.69) is 17.0 Å². The maximum absolute atomic E-state index is 13.6. The zero-order chi connectivity index (χ0) is 23.3. The minimum Gasteiger partial charge on any atom is -0.508 e. The fraction of sp³-hybridized carbons (Fsp3) is 0.480. The van der Waals surface area contributed by atoms with Crippen molar-refractivity contribution in [2.75, 3.05) is 19.6 Å². The van der Waals surface area contributed by atoms with Gasteiger partial charge < -0.3 is 20.5 Å². The summed E-state index contributed by atoms with van der Waals surface area (Å²) in [5.41, 5.74) is 7.70. The van der Waals surface area contributed by atoms with E-state index in [1.54, 1.807) is 4.90 Å². The summed E-state index contributed by atoms with van der Waals surface area (Å²) in [6.45, 7) is 8.34. The number of phenolic OH excluding ortho intramolecular Hbond substituents is 1. The molecule has 1 saturated heterocycles. The summed E-state index contributed by atoms with van der Waals surface area (Å²) < 4.78 is 19.3. The first-order valence-electron chi connectivity index (χ1n) is 11.1. The lowest BCUT2D eigenvalue weighted by Gasteiger charge is -2.42. The maximum Gasteiger partial charge on any atom is 0.410 e. The number of hydrogen-bond acceptors (Lipinski definition) is 5. The average Bonchev–Trinajstić information content (AvgIpc) is 2.66. The van der Waals surface area contributed by atoms with Crippen LogP contribution < -0.4 is 5.73 Å². The second kappa shape index (κ2) is 10.3. The van der Waals surface area contributed by atoms with Gasteiger partial charge in [0, 0.05) is 44.3 Å². The van der Waals surface area contributed by atoms with Gasteiger partial charge in [0.1, 0.15) is 17.2 Å². The molecular weight excluding hydrogens is 409 g/mol. The lowest BCUT2D eigenvalue weighted by Crippen LogP contribution is -2.57. The van der Waals surface area contributed by atoms with Crippen LogP contribution in [0.1, 0.15) is 38.3 Å². The smallest absolute Gasteiger partial charge is 0.410 e. The first-order chi connectivity index (χ1) is 15.1. The van der Waals surface area contributed by atoms with Crippen LogP contribution in [-0.4, -0.2) is 58.3 Å². The number of nitrogens with zero attached hydrogens (tertiary/aromatic N) is 2. The van der Waals surface area contributed by atoms with Gasteiger partial charge in [-0.15, -0.1) is 0 Å². The van der Waals surface area contributed by atoms with E-state index in [9.17, 15) is 14.3 Å². The largest absolute Gasteiger partial charge is 0.508 e. The Hall–Kier alpha value is -2.64. The van der Waals surface area contributed by atoms with Gasteiger partial charge in [0.2, 0.25) is 0 Å². The van der Waals surface area contributed by atoms with Crippen molar-refractivity contribution in [3.05, 3.63) is 65.5 Å². The molecule has 7 heteroatoms. The number of halogens is 1. The Balaban J connectivity index is 1.70. The molecule has 1 aliphatic rings. The molecule has 1 aliphatic heterocycles. The number of aromatic hydroxyl groups is 1. The summed E-state index contributed by atoms with van der Waals surface area (Å²) in [4.78, 5) is 17.0. The van der Waals surface area contributed by atoms with Crippen LogP contribution >= 0.6 is 0 Å². The Kier molecular flexibility index (Phi) is 7.74. The first-order valence-corrected chi connectivity index (χ1v) is 11.1. The van der Waals surface area contributed by atoms with Crippen LogP contribution in [0, 0.1) is 5.82 Å². The number of rotatable bonds is 6. The molecule has 0 bridgehead atoms. The van der Waals surface area contributed by atoms with Gasteiger partial charge in [-0.1, -0.05) is 30.3 Å². The lowest BCUT2D eigenvalue weighted by atomic mass is 9.97. The van der Waals surface area contributed by atoms with Crippen LogP contribution in [-0.2, 0) is 17.7 Å². The Morgan fingerprint density at radius 3 is 2.56 bits per heavy atom. The van der Waals surface area contributed by atoms with Gasteiger partial charge in [-0.25, -0.2) is 9.18 Å². The highest BCUT2D eigenvalue weighted by molar-refractivity contribution is 5.68. The van der Waals surface area contributed by atoms with Crippen LogP contribution in [0.25, 0.3) is 0 Å². The van der Waals surface area contributed by atoms with E-state index in [0.29, 0.717) is 31.5 Å². The van der Waals surface area contributed by atoms with Crippen molar-refractivity contribution >= 4 is 6.09 Å². The predicted molar refractivity (Wildman–Crippen MR) is 123 cm³/mol. The van der Waals surface area contributed by atoms with E-state index in [1.165, 1.54) is 17.7 Å². The Morgan fingerprint density at radius 1 is 1.19 bits per heavy atom. The molecule has 1 heterocycles. The standard InChI is InChI=1S/C25H34FN3O3/c1-25(2,3)32-24(31)29-10-9-28(16-18-7-5-4-6-8-18)17-22(29)15-21(27)12-19-11-20(26)14-23(30)13-19/h4-8,11,13-14,21-22,30H,9-10,12,15-17,27H2,1-3H3/t21-,22-/m0/s1. The lowest BCUT2D eigenvalue weighted by molar-refractivity contribution is -0.00473. The summed E-state index contributed by atoms with van der Waals surface area (Å²) >= 11 is 0. The molecule has 0 saturated carbocycles. The molecule has 6 nitrogen and oxygen atoms in total. The van der Waals surface area contributed by atoms with Crippen LogP contribution in [0.15, 0.2) is 48.5 Å². The first kappa shape index (κ1) is 24.0. The van der Waals surface area contributed by atoms with Crippen LogP contribution in [0.2, 0.25) is 0 Å². The summed E-state index contributed by atoms with van der Waals surface area (Å²) in [5.74, 6) is -0.608. The van der Waals surface area contributed by atoms with E-state index in [1.807, 2.05) is 39.0 Å². The SMILES string of the molecule is CC(C)(C)OC(=O)N1CCN(Cc2ccccc2)C[C@@H]1C[C@@H](N)Cc1cc(O)cc(F)c1. The van der Waals surface area contributed by atoms with E-state index < -0.39 is 11.4 Å². The monoisotopic (exact) mass is 443 g/mol. The molecule has 174 valence electrons. The molecule has 0 aromatic heterocycles. The number of nitrogens with two attached hydrogens (primary N) is 1. The molecular formula is C25H34FN3O3. The molecule has 3 N–H and O–H groups in total.